The van der Waals surface area contributed by atoms with Crippen LogP contribution in [0.15, 0.2) is 18.5 Å². The zero-order valence-electron chi connectivity index (χ0n) is 4.48. The van der Waals surface area contributed by atoms with Crippen LogP contribution in [-0.4, -0.2) is 20.6 Å². The van der Waals surface area contributed by atoms with E-state index in [0.29, 0.717) is 0 Å². The predicted octanol–water partition coefficient (Wildman–Crippen LogP) is 0.540. The highest BCUT2D eigenvalue weighted by atomic mass is 32.1. The first-order valence-corrected chi connectivity index (χ1v) is 2.45. The van der Waals surface area contributed by atoms with Crippen LogP contribution in [-0.2, 0) is 0 Å². The fourth-order valence-corrected chi connectivity index (χ4v) is 0.205. The second-order valence-corrected chi connectivity index (χ2v) is 1.12. The molecule has 0 spiro atoms. The minimum Gasteiger partial charge on any atom is -0.248 e. The van der Waals surface area contributed by atoms with Crippen LogP contribution in [0.3, 0.4) is 0 Å². The van der Waals surface area contributed by atoms with E-state index < -0.39 is 0 Å². The Morgan fingerprint density at radius 2 is 1.78 bits per heavy atom. The Morgan fingerprint density at radius 3 is 1.89 bits per heavy atom. The summed E-state index contributed by atoms with van der Waals surface area (Å²) < 4.78 is 0. The van der Waals surface area contributed by atoms with Crippen molar-refractivity contribution in [2.75, 3.05) is 0 Å². The van der Waals surface area contributed by atoms with Crippen molar-refractivity contribution in [3.63, 3.8) is 0 Å². The van der Waals surface area contributed by atoms with Gasteiger partial charge in [0.2, 0.25) is 0 Å². The van der Waals surface area contributed by atoms with Crippen LogP contribution >= 0.6 is 12.2 Å². The Hall–Kier alpha value is -1.19. The third-order valence-corrected chi connectivity index (χ3v) is 0.409. The van der Waals surface area contributed by atoms with Gasteiger partial charge in [0, 0.05) is 0 Å². The van der Waals surface area contributed by atoms with Crippen LogP contribution in [0.5, 0.6) is 0 Å². The van der Waals surface area contributed by atoms with Crippen molar-refractivity contribution in [1.82, 2.24) is 15.4 Å². The molecule has 0 aliphatic carbocycles. The molecule has 1 aromatic heterocycles. The normalized spacial score (nSPS) is 6.22. The summed E-state index contributed by atoms with van der Waals surface area (Å²) in [4.78, 5) is 0. The molecule has 0 bridgehead atoms. The molecular weight excluding hydrogens is 136 g/mol. The average molecular weight is 140 g/mol. The van der Waals surface area contributed by atoms with Gasteiger partial charge in [-0.1, -0.05) is 0 Å². The van der Waals surface area contributed by atoms with Crippen LogP contribution in [0.1, 0.15) is 0 Å². The van der Waals surface area contributed by atoms with Crippen molar-refractivity contribution in [1.29, 1.82) is 5.41 Å². The van der Waals surface area contributed by atoms with E-state index in [4.69, 9.17) is 5.41 Å². The van der Waals surface area contributed by atoms with Crippen molar-refractivity contribution < 1.29 is 0 Å². The minimum atomic E-state index is 1.58. The Morgan fingerprint density at radius 1 is 1.33 bits per heavy atom. The summed E-state index contributed by atoms with van der Waals surface area (Å²) in [6.07, 6.45) is 3.15. The number of thiocarbonyl (C=S) groups is 1. The molecule has 0 aliphatic rings. The lowest BCUT2D eigenvalue weighted by atomic mass is 10.7. The maximum Gasteiger partial charge on any atom is 0.0554 e. The first-order chi connectivity index (χ1) is 4.41. The van der Waals surface area contributed by atoms with Gasteiger partial charge in [-0.15, -0.1) is 10.2 Å². The summed E-state index contributed by atoms with van der Waals surface area (Å²) in [6, 6.07) is 1.72. The lowest BCUT2D eigenvalue weighted by molar-refractivity contribution is 0.865. The van der Waals surface area contributed by atoms with Gasteiger partial charge in [0.15, 0.2) is 0 Å². The number of rotatable bonds is 0. The minimum absolute atomic E-state index is 1.58. The second kappa shape index (κ2) is 6.81. The van der Waals surface area contributed by atoms with Crippen molar-refractivity contribution in [2.24, 2.45) is 0 Å². The largest absolute Gasteiger partial charge is 0.248 e. The zero-order valence-corrected chi connectivity index (χ0v) is 5.30. The zero-order chi connectivity index (χ0) is 6.95. The molecule has 0 fully saturated rings. The van der Waals surface area contributed by atoms with E-state index in [1.54, 1.807) is 23.6 Å². The third-order valence-electron chi connectivity index (χ3n) is 0.409. The van der Waals surface area contributed by atoms with Gasteiger partial charge in [-0.05, 0) is 23.5 Å². The highest BCUT2D eigenvalue weighted by Crippen LogP contribution is 1.61. The molecule has 0 unspecified atom stereocenters. The SMILES string of the molecule is N=C=S.c1cnnnc1. The van der Waals surface area contributed by atoms with Crippen LogP contribution in [0.25, 0.3) is 0 Å². The number of hydrogen-bond acceptors (Lipinski definition) is 5. The van der Waals surface area contributed by atoms with Gasteiger partial charge in [-0.25, -0.2) is 5.41 Å². The average Bonchev–Trinajstić information content (AvgIpc) is 1.93. The molecule has 1 heterocycles. The number of aromatic nitrogens is 3. The molecule has 0 radical (unpaired) electrons. The van der Waals surface area contributed by atoms with E-state index in [-0.39, 0.29) is 0 Å². The van der Waals surface area contributed by atoms with Crippen LogP contribution < -0.4 is 0 Å². The van der Waals surface area contributed by atoms with Gasteiger partial charge in [0.25, 0.3) is 0 Å². The van der Waals surface area contributed by atoms with E-state index >= 15 is 0 Å². The molecule has 46 valence electrons. The molecule has 0 saturated carbocycles. The Labute approximate surface area is 57.4 Å². The van der Waals surface area contributed by atoms with Gasteiger partial charge in [0.1, 0.15) is 0 Å². The van der Waals surface area contributed by atoms with E-state index in [1.165, 1.54) is 0 Å². The summed E-state index contributed by atoms with van der Waals surface area (Å²) in [7, 11) is 0. The van der Waals surface area contributed by atoms with Crippen LogP contribution in [0.4, 0.5) is 0 Å². The quantitative estimate of drug-likeness (QED) is 0.422. The fraction of sp³-hybridized carbons (Fsp3) is 0. The first kappa shape index (κ1) is 7.81. The van der Waals surface area contributed by atoms with Crippen molar-refractivity contribution >= 4 is 17.4 Å². The summed E-state index contributed by atoms with van der Waals surface area (Å²) in [5.74, 6) is 0. The smallest absolute Gasteiger partial charge is 0.0554 e. The number of nitrogens with zero attached hydrogens (tertiary/aromatic N) is 3. The summed E-state index contributed by atoms with van der Waals surface area (Å²) in [6.45, 7) is 0. The molecular formula is C4H4N4S. The van der Waals surface area contributed by atoms with Gasteiger partial charge in [0.05, 0.1) is 17.6 Å². The molecule has 0 saturated heterocycles. The van der Waals surface area contributed by atoms with Crippen LogP contribution in [0.2, 0.25) is 0 Å². The molecule has 0 aromatic carbocycles. The number of nitrogens with one attached hydrogen (secondary N) is 1. The fourth-order valence-electron chi connectivity index (χ4n) is 0.205. The van der Waals surface area contributed by atoms with Gasteiger partial charge in [-0.3, -0.25) is 0 Å². The molecule has 5 heteroatoms. The van der Waals surface area contributed by atoms with Crippen molar-refractivity contribution in [3.05, 3.63) is 18.5 Å². The highest BCUT2D eigenvalue weighted by Gasteiger charge is 1.60. The van der Waals surface area contributed by atoms with E-state index in [1.807, 2.05) is 0 Å². The Kier molecular flexibility index (Phi) is 5.91. The van der Waals surface area contributed by atoms with E-state index in [2.05, 4.69) is 27.6 Å². The van der Waals surface area contributed by atoms with E-state index in [9.17, 15) is 0 Å². The summed E-state index contributed by atoms with van der Waals surface area (Å²) in [5, 5.41) is 17.5. The van der Waals surface area contributed by atoms with Gasteiger partial charge >= 0.3 is 0 Å². The summed E-state index contributed by atoms with van der Waals surface area (Å²) in [5.41, 5.74) is 0. The highest BCUT2D eigenvalue weighted by molar-refractivity contribution is 7.78. The molecule has 1 N–H and O–H groups in total. The molecule has 9 heavy (non-hydrogen) atoms. The van der Waals surface area contributed by atoms with Crippen molar-refractivity contribution in [2.45, 2.75) is 0 Å². The molecule has 0 atom stereocenters. The molecule has 0 aliphatic heterocycles. The number of isothiocyanates is 1. The monoisotopic (exact) mass is 140 g/mol. The summed E-state index contributed by atoms with van der Waals surface area (Å²) >= 11 is 3.81. The predicted molar refractivity (Wildman–Crippen MR) is 35.1 cm³/mol. The van der Waals surface area contributed by atoms with Gasteiger partial charge < -0.3 is 0 Å². The lowest BCUT2D eigenvalue weighted by Gasteiger charge is -1.68. The third kappa shape index (κ3) is 6.81. The molecule has 0 amide bonds. The van der Waals surface area contributed by atoms with Gasteiger partial charge in [-0.2, -0.15) is 0 Å². The topological polar surface area (TPSA) is 62.5 Å². The number of hydrogen-bond donors (Lipinski definition) is 1. The Bertz CT molecular complexity index is 142. The lowest BCUT2D eigenvalue weighted by Crippen LogP contribution is -1.78. The Balaban J connectivity index is 0.000000187. The van der Waals surface area contributed by atoms with E-state index in [0.717, 1.165) is 0 Å². The standard InChI is InChI=1S/C3H3N3.CHNS/c1-2-4-6-5-3-1;2-1-3/h1-3H;2H. The maximum atomic E-state index is 5.77. The molecule has 1 aromatic rings. The molecule has 4 nitrogen and oxygen atoms in total. The van der Waals surface area contributed by atoms with Crippen LogP contribution in [0, 0.1) is 5.41 Å². The molecule has 1 rings (SSSR count). The maximum absolute atomic E-state index is 5.77. The first-order valence-electron chi connectivity index (χ1n) is 2.04. The second-order valence-electron chi connectivity index (χ2n) is 0.913. The van der Waals surface area contributed by atoms with Crippen molar-refractivity contribution in [3.8, 4) is 0 Å².